The molecule has 0 fully saturated rings. The monoisotopic (exact) mass is 457 g/mol. The molecule has 0 unspecified atom stereocenters. The third kappa shape index (κ3) is 4.79. The van der Waals surface area contributed by atoms with E-state index in [0.29, 0.717) is 47.1 Å². The minimum absolute atomic E-state index is 0.0119. The molecule has 10 heteroatoms. The highest BCUT2D eigenvalue weighted by Gasteiger charge is 2.22. The van der Waals surface area contributed by atoms with Crippen molar-refractivity contribution < 1.29 is 14.2 Å². The number of ketones is 1. The number of carbonyl (C=O) groups is 2. The number of nitrogens with two attached hydrogens (primary N) is 1. The maximum atomic E-state index is 13.2. The van der Waals surface area contributed by atoms with Crippen LogP contribution in [0, 0.1) is 12.3 Å². The van der Waals surface area contributed by atoms with Crippen molar-refractivity contribution in [1.82, 2.24) is 19.9 Å². The number of terminal acetylenes is 1. The molecule has 172 valence electrons. The van der Waals surface area contributed by atoms with E-state index in [1.807, 2.05) is 24.3 Å². The van der Waals surface area contributed by atoms with Gasteiger partial charge in [-0.15, -0.1) is 12.3 Å². The minimum Gasteiger partial charge on any atom is -0.364 e. The number of benzene rings is 2. The van der Waals surface area contributed by atoms with Crippen molar-refractivity contribution in [3.63, 3.8) is 0 Å². The second kappa shape index (κ2) is 9.97. The average molecular weight is 457 g/mol. The Labute approximate surface area is 195 Å². The summed E-state index contributed by atoms with van der Waals surface area (Å²) in [7, 11) is 0. The fourth-order valence-corrected chi connectivity index (χ4v) is 3.35. The molecule has 4 N–H and O–H groups in total. The molecular weight excluding hydrogens is 434 g/mol. The zero-order chi connectivity index (χ0) is 24.1. The molecule has 4 rings (SSSR count). The lowest BCUT2D eigenvalue weighted by atomic mass is 10.1. The third-order valence-electron chi connectivity index (χ3n) is 5.11. The number of fused-ring (bicyclic) bond motifs is 1. The molecule has 0 aliphatic heterocycles. The zero-order valence-corrected chi connectivity index (χ0v) is 18.5. The van der Waals surface area contributed by atoms with E-state index in [9.17, 15) is 9.59 Å². The van der Waals surface area contributed by atoms with Crippen LogP contribution in [0.2, 0.25) is 0 Å². The molecule has 1 amide bonds. The Morgan fingerprint density at radius 3 is 2.68 bits per heavy atom. The van der Waals surface area contributed by atoms with Gasteiger partial charge in [-0.05, 0) is 53.6 Å². The van der Waals surface area contributed by atoms with Gasteiger partial charge >= 0.3 is 0 Å². The second-order valence-electron chi connectivity index (χ2n) is 7.63. The summed E-state index contributed by atoms with van der Waals surface area (Å²) in [5.74, 6) is 2.94. The van der Waals surface area contributed by atoms with Crippen LogP contribution in [-0.4, -0.2) is 44.1 Å². The van der Waals surface area contributed by atoms with Crippen LogP contribution in [0.25, 0.3) is 22.6 Å². The molecule has 0 saturated carbocycles. The Morgan fingerprint density at radius 1 is 1.18 bits per heavy atom. The Balaban J connectivity index is 1.62. The van der Waals surface area contributed by atoms with Gasteiger partial charge in [0.1, 0.15) is 0 Å². The Hall–Kier alpha value is -4.49. The molecule has 2 heterocycles. The zero-order valence-electron chi connectivity index (χ0n) is 18.5. The number of nitrogens with one attached hydrogen (secondary N) is 2. The molecule has 34 heavy (non-hydrogen) atoms. The van der Waals surface area contributed by atoms with Crippen LogP contribution >= 0.6 is 0 Å². The highest BCUT2D eigenvalue weighted by molar-refractivity contribution is 5.99. The van der Waals surface area contributed by atoms with E-state index in [-0.39, 0.29) is 18.2 Å². The SMILES string of the molecule is C#CCCNc1nonc1-c1nc2ccccc2n1CC(=O)c1ccc(NC(=O)[C@H](C)N)cc1. The fourth-order valence-electron chi connectivity index (χ4n) is 3.35. The number of anilines is 2. The second-order valence-corrected chi connectivity index (χ2v) is 7.63. The number of amides is 1. The van der Waals surface area contributed by atoms with Crippen molar-refractivity contribution in [1.29, 1.82) is 0 Å². The van der Waals surface area contributed by atoms with E-state index in [0.717, 1.165) is 5.52 Å². The van der Waals surface area contributed by atoms with Crippen LogP contribution in [-0.2, 0) is 11.3 Å². The summed E-state index contributed by atoms with van der Waals surface area (Å²) in [5, 5.41) is 13.7. The smallest absolute Gasteiger partial charge is 0.240 e. The lowest BCUT2D eigenvalue weighted by Crippen LogP contribution is -2.32. The first-order valence-corrected chi connectivity index (χ1v) is 10.6. The third-order valence-corrected chi connectivity index (χ3v) is 5.11. The number of para-hydroxylation sites is 2. The van der Waals surface area contributed by atoms with Gasteiger partial charge in [0.2, 0.25) is 11.7 Å². The van der Waals surface area contributed by atoms with Gasteiger partial charge in [-0.2, -0.15) is 0 Å². The molecule has 0 bridgehead atoms. The average Bonchev–Trinajstić information content (AvgIpc) is 3.44. The summed E-state index contributed by atoms with van der Waals surface area (Å²) in [4.78, 5) is 29.6. The molecule has 0 spiro atoms. The Morgan fingerprint density at radius 2 is 1.94 bits per heavy atom. The van der Waals surface area contributed by atoms with Crippen LogP contribution in [0.15, 0.2) is 53.2 Å². The van der Waals surface area contributed by atoms with Gasteiger partial charge in [0.25, 0.3) is 0 Å². The maximum absolute atomic E-state index is 13.2. The summed E-state index contributed by atoms with van der Waals surface area (Å²) < 4.78 is 6.71. The molecule has 10 nitrogen and oxygen atoms in total. The van der Waals surface area contributed by atoms with Crippen molar-refractivity contribution in [3.05, 3.63) is 54.1 Å². The number of nitrogens with zero attached hydrogens (tertiary/aromatic N) is 4. The Bertz CT molecular complexity index is 1360. The van der Waals surface area contributed by atoms with Crippen molar-refractivity contribution >= 4 is 34.2 Å². The first kappa shape index (κ1) is 22.7. The molecule has 0 saturated heterocycles. The van der Waals surface area contributed by atoms with Gasteiger partial charge in [0.15, 0.2) is 17.3 Å². The van der Waals surface area contributed by atoms with E-state index in [4.69, 9.17) is 16.8 Å². The molecule has 2 aromatic carbocycles. The Kier molecular flexibility index (Phi) is 6.66. The topological polar surface area (TPSA) is 141 Å². The van der Waals surface area contributed by atoms with E-state index in [1.54, 1.807) is 35.8 Å². The first-order chi connectivity index (χ1) is 16.5. The predicted octanol–water partition coefficient (Wildman–Crippen LogP) is 2.69. The van der Waals surface area contributed by atoms with Gasteiger partial charge < -0.3 is 20.9 Å². The molecular formula is C24H23N7O3. The quantitative estimate of drug-likeness (QED) is 0.198. The van der Waals surface area contributed by atoms with Crippen molar-refractivity contribution in [2.24, 2.45) is 5.73 Å². The van der Waals surface area contributed by atoms with E-state index >= 15 is 0 Å². The standard InChI is InChI=1S/C24H23N7O3/c1-3-4-13-26-22-21(29-34-30-22)23-28-18-7-5-6-8-19(18)31(23)14-20(32)16-9-11-17(12-10-16)27-24(33)15(2)25/h1,5-12,15H,4,13-14,25H2,2H3,(H,26,30)(H,27,33)/t15-/m0/s1. The molecule has 1 atom stereocenters. The number of aromatic nitrogens is 4. The molecule has 4 aromatic rings. The van der Waals surface area contributed by atoms with Crippen molar-refractivity contribution in [2.75, 3.05) is 17.2 Å². The lowest BCUT2D eigenvalue weighted by Gasteiger charge is -2.10. The fraction of sp³-hybridized carbons (Fsp3) is 0.208. The van der Waals surface area contributed by atoms with Crippen molar-refractivity contribution in [2.45, 2.75) is 25.9 Å². The number of hydrogen-bond acceptors (Lipinski definition) is 8. The summed E-state index contributed by atoms with van der Waals surface area (Å²) in [5.41, 5.74) is 8.47. The summed E-state index contributed by atoms with van der Waals surface area (Å²) in [6.45, 7) is 2.10. The highest BCUT2D eigenvalue weighted by atomic mass is 16.6. The molecule has 0 aliphatic carbocycles. The maximum Gasteiger partial charge on any atom is 0.240 e. The van der Waals surface area contributed by atoms with E-state index < -0.39 is 6.04 Å². The van der Waals surface area contributed by atoms with Crippen LogP contribution in [0.1, 0.15) is 23.7 Å². The summed E-state index contributed by atoms with van der Waals surface area (Å²) in [6, 6.07) is 13.5. The molecule has 0 radical (unpaired) electrons. The minimum atomic E-state index is -0.633. The van der Waals surface area contributed by atoms with Gasteiger partial charge in [-0.25, -0.2) is 9.61 Å². The number of carbonyl (C=O) groups excluding carboxylic acids is 2. The van der Waals surface area contributed by atoms with Crippen LogP contribution < -0.4 is 16.4 Å². The molecule has 0 aliphatic rings. The summed E-state index contributed by atoms with van der Waals surface area (Å²) in [6.07, 6.45) is 5.82. The number of imidazole rings is 1. The summed E-state index contributed by atoms with van der Waals surface area (Å²) >= 11 is 0. The van der Waals surface area contributed by atoms with E-state index in [2.05, 4.69) is 31.9 Å². The first-order valence-electron chi connectivity index (χ1n) is 10.6. The van der Waals surface area contributed by atoms with E-state index in [1.165, 1.54) is 0 Å². The highest BCUT2D eigenvalue weighted by Crippen LogP contribution is 2.28. The normalized spacial score (nSPS) is 11.7. The number of Topliss-reactive ketones (excluding diaryl/α,β-unsaturated/α-hetero) is 1. The number of rotatable bonds is 9. The van der Waals surface area contributed by atoms with Gasteiger partial charge in [-0.1, -0.05) is 12.1 Å². The van der Waals surface area contributed by atoms with Crippen LogP contribution in [0.4, 0.5) is 11.5 Å². The van der Waals surface area contributed by atoms with Gasteiger partial charge in [0.05, 0.1) is 23.6 Å². The van der Waals surface area contributed by atoms with Crippen molar-refractivity contribution in [3.8, 4) is 23.9 Å². The van der Waals surface area contributed by atoms with Crippen LogP contribution in [0.5, 0.6) is 0 Å². The number of hydrogen-bond donors (Lipinski definition) is 3. The molecule has 2 aromatic heterocycles. The van der Waals surface area contributed by atoms with Crippen LogP contribution in [0.3, 0.4) is 0 Å². The lowest BCUT2D eigenvalue weighted by molar-refractivity contribution is -0.117. The largest absolute Gasteiger partial charge is 0.364 e. The predicted molar refractivity (Wildman–Crippen MR) is 128 cm³/mol. The van der Waals surface area contributed by atoms with Gasteiger partial charge in [-0.3, -0.25) is 9.59 Å². The van der Waals surface area contributed by atoms with Gasteiger partial charge in [0, 0.05) is 24.2 Å².